The van der Waals surface area contributed by atoms with Gasteiger partial charge in [0.25, 0.3) is 0 Å². The van der Waals surface area contributed by atoms with Crippen molar-refractivity contribution in [3.05, 3.63) is 24.3 Å². The Hall–Kier alpha value is -1.52. The summed E-state index contributed by atoms with van der Waals surface area (Å²) < 4.78 is 57.3. The van der Waals surface area contributed by atoms with Gasteiger partial charge in [0.2, 0.25) is 0 Å². The fourth-order valence-electron chi connectivity index (χ4n) is 2.77. The van der Waals surface area contributed by atoms with Crippen LogP contribution in [0.2, 0.25) is 0 Å². The summed E-state index contributed by atoms with van der Waals surface area (Å²) in [6.07, 6.45) is 1.23. The van der Waals surface area contributed by atoms with Crippen molar-refractivity contribution >= 4 is 32.9 Å². The topological polar surface area (TPSA) is 67.9 Å². The second-order valence-corrected chi connectivity index (χ2v) is 8.55. The summed E-state index contributed by atoms with van der Waals surface area (Å²) in [7, 11) is -1.44. The fraction of sp³-hybridized carbons (Fsp3) is 0.562. The first kappa shape index (κ1) is 20.8. The predicted molar refractivity (Wildman–Crippen MR) is 99.6 cm³/mol. The van der Waals surface area contributed by atoms with Crippen LogP contribution in [0.15, 0.2) is 24.3 Å². The van der Waals surface area contributed by atoms with Crippen LogP contribution >= 0.6 is 12.2 Å². The van der Waals surface area contributed by atoms with Crippen molar-refractivity contribution in [2.24, 2.45) is 0 Å². The molecule has 2 rings (SSSR count). The Bertz CT molecular complexity index is 699. The van der Waals surface area contributed by atoms with E-state index in [0.717, 1.165) is 0 Å². The number of anilines is 1. The average Bonchev–Trinajstić information content (AvgIpc) is 2.92. The zero-order valence-electron chi connectivity index (χ0n) is 14.4. The van der Waals surface area contributed by atoms with Crippen molar-refractivity contribution in [3.63, 3.8) is 0 Å². The smallest absolute Gasteiger partial charge is 0.387 e. The zero-order valence-corrected chi connectivity index (χ0v) is 16.0. The molecular weight excluding hydrogens is 386 g/mol. The Kier molecular flexibility index (Phi) is 7.54. The number of ether oxygens (including phenoxy) is 2. The van der Waals surface area contributed by atoms with E-state index in [9.17, 15) is 17.2 Å². The number of rotatable bonds is 8. The maximum atomic E-state index is 12.2. The Morgan fingerprint density at radius 2 is 2.08 bits per heavy atom. The van der Waals surface area contributed by atoms with Gasteiger partial charge in [-0.1, -0.05) is 0 Å². The highest BCUT2D eigenvalue weighted by molar-refractivity contribution is 7.91. The lowest BCUT2D eigenvalue weighted by molar-refractivity contribution is -0.0498. The molecule has 1 atom stereocenters. The number of nitrogens with one attached hydrogen (secondary N) is 1. The highest BCUT2D eigenvalue weighted by Gasteiger charge is 2.33. The molecule has 1 N–H and O–H groups in total. The molecule has 10 heteroatoms. The maximum absolute atomic E-state index is 12.2. The lowest BCUT2D eigenvalue weighted by Crippen LogP contribution is -2.44. The van der Waals surface area contributed by atoms with E-state index in [1.54, 1.807) is 19.2 Å². The largest absolute Gasteiger partial charge is 0.435 e. The van der Waals surface area contributed by atoms with Crippen LogP contribution in [0.3, 0.4) is 0 Å². The van der Waals surface area contributed by atoms with E-state index < -0.39 is 16.4 Å². The van der Waals surface area contributed by atoms with Crippen LogP contribution in [0.1, 0.15) is 12.8 Å². The molecular formula is C16H22F2N2O4S2. The quantitative estimate of drug-likeness (QED) is 0.524. The van der Waals surface area contributed by atoms with Gasteiger partial charge in [-0.15, -0.1) is 0 Å². The molecule has 0 bridgehead atoms. The molecule has 26 heavy (non-hydrogen) atoms. The van der Waals surface area contributed by atoms with E-state index in [1.807, 2.05) is 4.90 Å². The van der Waals surface area contributed by atoms with Crippen molar-refractivity contribution in [2.75, 3.05) is 37.1 Å². The van der Waals surface area contributed by atoms with E-state index in [1.165, 1.54) is 12.1 Å². The normalized spacial score (nSPS) is 18.7. The molecule has 1 fully saturated rings. The lowest BCUT2D eigenvalue weighted by atomic mass is 10.2. The van der Waals surface area contributed by atoms with Gasteiger partial charge in [0.05, 0.1) is 11.5 Å². The summed E-state index contributed by atoms with van der Waals surface area (Å²) in [4.78, 5) is 1.86. The molecule has 0 amide bonds. The standard InChI is InChI=1S/C16H22F2N2O4S2/c1-23-9-2-8-20(13-7-10-26(21,22)11-13)16(25)19-12-3-5-14(6-4-12)24-15(17)18/h3-6,13,15H,2,7-11H2,1H3,(H,19,25)/t13-/m1/s1. The van der Waals surface area contributed by atoms with Crippen LogP contribution in [-0.2, 0) is 14.6 Å². The van der Waals surface area contributed by atoms with Crippen LogP contribution in [0, 0.1) is 0 Å². The van der Waals surface area contributed by atoms with Gasteiger partial charge in [0.1, 0.15) is 5.75 Å². The molecule has 0 aliphatic carbocycles. The Balaban J connectivity index is 2.03. The van der Waals surface area contributed by atoms with Gasteiger partial charge in [-0.05, 0) is 49.3 Å². The monoisotopic (exact) mass is 408 g/mol. The predicted octanol–water partition coefficient (Wildman–Crippen LogP) is 2.51. The summed E-state index contributed by atoms with van der Waals surface area (Å²) in [6.45, 7) is -1.78. The Labute approximate surface area is 157 Å². The summed E-state index contributed by atoms with van der Waals surface area (Å²) in [5.74, 6) is 0.277. The number of halogens is 2. The van der Waals surface area contributed by atoms with Gasteiger partial charge in [-0.3, -0.25) is 0 Å². The van der Waals surface area contributed by atoms with Crippen LogP contribution in [-0.4, -0.2) is 62.9 Å². The summed E-state index contributed by atoms with van der Waals surface area (Å²) >= 11 is 5.45. The van der Waals surface area contributed by atoms with Gasteiger partial charge < -0.3 is 19.7 Å². The Morgan fingerprint density at radius 1 is 1.38 bits per heavy atom. The minimum absolute atomic E-state index is 0.0512. The van der Waals surface area contributed by atoms with E-state index in [2.05, 4.69) is 10.1 Å². The molecule has 0 aromatic heterocycles. The van der Waals surface area contributed by atoms with Crippen LogP contribution in [0.25, 0.3) is 0 Å². The van der Waals surface area contributed by atoms with Crippen LogP contribution in [0.5, 0.6) is 5.75 Å². The molecule has 0 spiro atoms. The van der Waals surface area contributed by atoms with Gasteiger partial charge in [0.15, 0.2) is 14.9 Å². The molecule has 6 nitrogen and oxygen atoms in total. The fourth-order valence-corrected chi connectivity index (χ4v) is 4.85. The highest BCUT2D eigenvalue weighted by Crippen LogP contribution is 2.21. The zero-order chi connectivity index (χ0) is 19.2. The number of methoxy groups -OCH3 is 1. The number of hydrogen-bond donors (Lipinski definition) is 1. The van der Waals surface area contributed by atoms with Crippen molar-refractivity contribution < 1.29 is 26.7 Å². The highest BCUT2D eigenvalue weighted by atomic mass is 32.2. The van der Waals surface area contributed by atoms with Gasteiger partial charge >= 0.3 is 6.61 Å². The molecule has 1 aliphatic rings. The van der Waals surface area contributed by atoms with Crippen LogP contribution < -0.4 is 10.1 Å². The molecule has 0 radical (unpaired) electrons. The first-order valence-electron chi connectivity index (χ1n) is 8.12. The lowest BCUT2D eigenvalue weighted by Gasteiger charge is -2.31. The van der Waals surface area contributed by atoms with E-state index in [4.69, 9.17) is 17.0 Å². The van der Waals surface area contributed by atoms with Crippen molar-refractivity contribution in [1.29, 1.82) is 0 Å². The summed E-state index contributed by atoms with van der Waals surface area (Å²) in [5, 5.41) is 3.43. The maximum Gasteiger partial charge on any atom is 0.387 e. The Morgan fingerprint density at radius 3 is 2.62 bits per heavy atom. The molecule has 1 heterocycles. The first-order valence-corrected chi connectivity index (χ1v) is 10.4. The minimum Gasteiger partial charge on any atom is -0.435 e. The van der Waals surface area contributed by atoms with Crippen molar-refractivity contribution in [2.45, 2.75) is 25.5 Å². The molecule has 0 saturated carbocycles. The third-order valence-corrected chi connectivity index (χ3v) is 6.08. The second kappa shape index (κ2) is 9.43. The van der Waals surface area contributed by atoms with Crippen molar-refractivity contribution in [3.8, 4) is 5.75 Å². The van der Waals surface area contributed by atoms with Gasteiger partial charge in [-0.2, -0.15) is 8.78 Å². The van der Waals surface area contributed by atoms with E-state index in [0.29, 0.717) is 36.8 Å². The summed E-state index contributed by atoms with van der Waals surface area (Å²) in [5.41, 5.74) is 0.606. The van der Waals surface area contributed by atoms with E-state index >= 15 is 0 Å². The third kappa shape index (κ3) is 6.33. The number of benzene rings is 1. The van der Waals surface area contributed by atoms with Gasteiger partial charge in [-0.25, -0.2) is 8.42 Å². The number of sulfone groups is 1. The number of nitrogens with zero attached hydrogens (tertiary/aromatic N) is 1. The second-order valence-electron chi connectivity index (χ2n) is 5.93. The minimum atomic E-state index is -3.04. The molecule has 1 aliphatic heterocycles. The molecule has 0 unspecified atom stereocenters. The number of hydrogen-bond acceptors (Lipinski definition) is 5. The summed E-state index contributed by atoms with van der Waals surface area (Å²) in [6, 6.07) is 5.78. The van der Waals surface area contributed by atoms with E-state index in [-0.39, 0.29) is 23.3 Å². The third-order valence-electron chi connectivity index (χ3n) is 3.99. The molecule has 1 aromatic rings. The van der Waals surface area contributed by atoms with Crippen LogP contribution in [0.4, 0.5) is 14.5 Å². The molecule has 1 aromatic carbocycles. The average molecular weight is 408 g/mol. The van der Waals surface area contributed by atoms with Gasteiger partial charge in [0, 0.05) is 32.0 Å². The SMILES string of the molecule is COCCCN(C(=S)Nc1ccc(OC(F)F)cc1)[C@@H]1CCS(=O)(=O)C1. The van der Waals surface area contributed by atoms with Crippen molar-refractivity contribution in [1.82, 2.24) is 4.90 Å². The first-order chi connectivity index (χ1) is 12.3. The number of thiocarbonyl (C=S) groups is 1. The number of alkyl halides is 2. The molecule has 146 valence electrons. The molecule has 1 saturated heterocycles.